The highest BCUT2D eigenvalue weighted by atomic mass is 16.1. The summed E-state index contributed by atoms with van der Waals surface area (Å²) < 4.78 is 0. The zero-order valence-corrected chi connectivity index (χ0v) is 14.3. The second-order valence-electron chi connectivity index (χ2n) is 6.33. The summed E-state index contributed by atoms with van der Waals surface area (Å²) in [6.45, 7) is 5.24. The highest BCUT2D eigenvalue weighted by molar-refractivity contribution is 6.02. The smallest absolute Gasteiger partial charge is 0.275 e. The van der Waals surface area contributed by atoms with Crippen LogP contribution in [-0.4, -0.2) is 28.5 Å². The van der Waals surface area contributed by atoms with Gasteiger partial charge < -0.3 is 10.2 Å². The van der Waals surface area contributed by atoms with Crippen LogP contribution >= 0.6 is 0 Å². The summed E-state index contributed by atoms with van der Waals surface area (Å²) in [5.74, 6) is 0.636. The van der Waals surface area contributed by atoms with Gasteiger partial charge in [-0.25, -0.2) is 9.97 Å². The quantitative estimate of drug-likeness (QED) is 0.929. The normalized spacial score (nSPS) is 17.6. The third-order valence-electron chi connectivity index (χ3n) is 4.57. The standard InChI is InChI=1S/C19H24N4O/c1-3-16-6-4-5-11-23(16)18-13-20-17(12-21-18)19(24)22-15-9-7-14(2)8-10-15/h7-10,12-13,16H,3-6,11H2,1-2H3,(H,22,24). The summed E-state index contributed by atoms with van der Waals surface area (Å²) in [6.07, 6.45) is 8.07. The Morgan fingerprint density at radius 3 is 2.67 bits per heavy atom. The molecule has 1 amide bonds. The molecule has 0 spiro atoms. The maximum absolute atomic E-state index is 12.3. The lowest BCUT2D eigenvalue weighted by atomic mass is 10.0. The summed E-state index contributed by atoms with van der Waals surface area (Å²) in [6, 6.07) is 8.22. The number of hydrogen-bond donors (Lipinski definition) is 1. The first-order chi connectivity index (χ1) is 11.7. The van der Waals surface area contributed by atoms with Crippen molar-refractivity contribution >= 4 is 17.4 Å². The minimum absolute atomic E-state index is 0.233. The number of aromatic nitrogens is 2. The molecule has 2 heterocycles. The molecule has 1 aliphatic heterocycles. The van der Waals surface area contributed by atoms with Crippen molar-refractivity contribution in [3.8, 4) is 0 Å². The monoisotopic (exact) mass is 324 g/mol. The molecular formula is C19H24N4O. The van der Waals surface area contributed by atoms with Gasteiger partial charge in [-0.2, -0.15) is 0 Å². The van der Waals surface area contributed by atoms with Crippen molar-refractivity contribution in [1.29, 1.82) is 0 Å². The number of piperidine rings is 1. The first-order valence-electron chi connectivity index (χ1n) is 8.64. The molecule has 1 aromatic heterocycles. The molecule has 3 rings (SSSR count). The Morgan fingerprint density at radius 1 is 1.21 bits per heavy atom. The van der Waals surface area contributed by atoms with Crippen LogP contribution in [0, 0.1) is 6.92 Å². The van der Waals surface area contributed by atoms with Crippen LogP contribution in [0.5, 0.6) is 0 Å². The van der Waals surface area contributed by atoms with E-state index in [0.717, 1.165) is 30.0 Å². The number of benzene rings is 1. The number of nitrogens with zero attached hydrogens (tertiary/aromatic N) is 3. The molecule has 1 unspecified atom stereocenters. The SMILES string of the molecule is CCC1CCCCN1c1cnc(C(=O)Nc2ccc(C)cc2)cn1. The van der Waals surface area contributed by atoms with Crippen LogP contribution in [0.2, 0.25) is 0 Å². The van der Waals surface area contributed by atoms with Gasteiger partial charge in [0.25, 0.3) is 5.91 Å². The number of hydrogen-bond acceptors (Lipinski definition) is 4. The van der Waals surface area contributed by atoms with E-state index >= 15 is 0 Å². The number of rotatable bonds is 4. The van der Waals surface area contributed by atoms with Gasteiger partial charge in [0.15, 0.2) is 0 Å². The maximum Gasteiger partial charge on any atom is 0.275 e. The van der Waals surface area contributed by atoms with Crippen molar-refractivity contribution in [3.05, 3.63) is 47.9 Å². The fourth-order valence-electron chi connectivity index (χ4n) is 3.15. The van der Waals surface area contributed by atoms with Crippen LogP contribution in [0.4, 0.5) is 11.5 Å². The van der Waals surface area contributed by atoms with Gasteiger partial charge in [0.1, 0.15) is 11.5 Å². The van der Waals surface area contributed by atoms with E-state index in [2.05, 4.69) is 27.1 Å². The van der Waals surface area contributed by atoms with Gasteiger partial charge in [-0.1, -0.05) is 24.6 Å². The van der Waals surface area contributed by atoms with Gasteiger partial charge in [-0.05, 0) is 44.7 Å². The molecule has 0 saturated carbocycles. The Hall–Kier alpha value is -2.43. The third-order valence-corrected chi connectivity index (χ3v) is 4.57. The highest BCUT2D eigenvalue weighted by Gasteiger charge is 2.22. The van der Waals surface area contributed by atoms with E-state index in [1.807, 2.05) is 31.2 Å². The summed E-state index contributed by atoms with van der Waals surface area (Å²) in [5, 5.41) is 2.85. The number of anilines is 2. The molecular weight excluding hydrogens is 300 g/mol. The van der Waals surface area contributed by atoms with Crippen LogP contribution in [0.1, 0.15) is 48.7 Å². The van der Waals surface area contributed by atoms with Crippen molar-refractivity contribution in [2.24, 2.45) is 0 Å². The average Bonchev–Trinajstić information content (AvgIpc) is 2.63. The van der Waals surface area contributed by atoms with Crippen molar-refractivity contribution in [2.75, 3.05) is 16.8 Å². The first-order valence-corrected chi connectivity index (χ1v) is 8.64. The highest BCUT2D eigenvalue weighted by Crippen LogP contribution is 2.24. The van der Waals surface area contributed by atoms with Gasteiger partial charge in [0, 0.05) is 18.3 Å². The number of carbonyl (C=O) groups excluding carboxylic acids is 1. The van der Waals surface area contributed by atoms with Gasteiger partial charge in [0.2, 0.25) is 0 Å². The summed E-state index contributed by atoms with van der Waals surface area (Å²) in [5.41, 5.74) is 2.26. The molecule has 0 bridgehead atoms. The molecule has 1 fully saturated rings. The van der Waals surface area contributed by atoms with Gasteiger partial charge in [-0.3, -0.25) is 4.79 Å². The molecule has 126 valence electrons. The lowest BCUT2D eigenvalue weighted by molar-refractivity contribution is 0.102. The zero-order chi connectivity index (χ0) is 16.9. The Labute approximate surface area is 143 Å². The van der Waals surface area contributed by atoms with Crippen LogP contribution in [-0.2, 0) is 0 Å². The molecule has 5 heteroatoms. The van der Waals surface area contributed by atoms with E-state index in [9.17, 15) is 4.79 Å². The number of aryl methyl sites for hydroxylation is 1. The molecule has 2 aromatic rings. The molecule has 1 N–H and O–H groups in total. The van der Waals surface area contributed by atoms with Gasteiger partial charge >= 0.3 is 0 Å². The fourth-order valence-corrected chi connectivity index (χ4v) is 3.15. The summed E-state index contributed by atoms with van der Waals surface area (Å²) >= 11 is 0. The lowest BCUT2D eigenvalue weighted by Crippen LogP contribution is -2.39. The Morgan fingerprint density at radius 2 is 2.00 bits per heavy atom. The zero-order valence-electron chi connectivity index (χ0n) is 14.3. The Balaban J connectivity index is 1.69. The summed E-state index contributed by atoms with van der Waals surface area (Å²) in [4.78, 5) is 23.4. The third kappa shape index (κ3) is 3.72. The van der Waals surface area contributed by atoms with Gasteiger partial charge in [0.05, 0.1) is 12.4 Å². The molecule has 1 aromatic carbocycles. The van der Waals surface area contributed by atoms with E-state index < -0.39 is 0 Å². The predicted octanol–water partition coefficient (Wildman–Crippen LogP) is 3.81. The lowest BCUT2D eigenvalue weighted by Gasteiger charge is -2.35. The van der Waals surface area contributed by atoms with Crippen molar-refractivity contribution in [1.82, 2.24) is 9.97 Å². The predicted molar refractivity (Wildman–Crippen MR) is 96.4 cm³/mol. The average molecular weight is 324 g/mol. The Kier molecular flexibility index (Phi) is 5.08. The first kappa shape index (κ1) is 16.4. The minimum atomic E-state index is -0.233. The second-order valence-corrected chi connectivity index (χ2v) is 6.33. The maximum atomic E-state index is 12.3. The molecule has 24 heavy (non-hydrogen) atoms. The topological polar surface area (TPSA) is 58.1 Å². The summed E-state index contributed by atoms with van der Waals surface area (Å²) in [7, 11) is 0. The van der Waals surface area contributed by atoms with Gasteiger partial charge in [-0.15, -0.1) is 0 Å². The molecule has 0 radical (unpaired) electrons. The van der Waals surface area contributed by atoms with Crippen LogP contribution < -0.4 is 10.2 Å². The Bertz CT molecular complexity index is 682. The largest absolute Gasteiger partial charge is 0.352 e. The van der Waals surface area contributed by atoms with Crippen LogP contribution in [0.15, 0.2) is 36.7 Å². The van der Waals surface area contributed by atoms with Crippen molar-refractivity contribution < 1.29 is 4.79 Å². The van der Waals surface area contributed by atoms with E-state index in [-0.39, 0.29) is 5.91 Å². The molecule has 1 saturated heterocycles. The molecule has 5 nitrogen and oxygen atoms in total. The van der Waals surface area contributed by atoms with Crippen LogP contribution in [0.25, 0.3) is 0 Å². The minimum Gasteiger partial charge on any atom is -0.352 e. The van der Waals surface area contributed by atoms with E-state index in [1.165, 1.54) is 19.3 Å². The number of amides is 1. The fraction of sp³-hybridized carbons (Fsp3) is 0.421. The van der Waals surface area contributed by atoms with Crippen LogP contribution in [0.3, 0.4) is 0 Å². The second kappa shape index (κ2) is 7.43. The van der Waals surface area contributed by atoms with E-state index in [0.29, 0.717) is 11.7 Å². The number of carbonyl (C=O) groups is 1. The molecule has 0 aliphatic carbocycles. The van der Waals surface area contributed by atoms with Crippen molar-refractivity contribution in [2.45, 2.75) is 45.6 Å². The number of nitrogens with one attached hydrogen (secondary N) is 1. The molecule has 1 atom stereocenters. The molecule has 1 aliphatic rings. The van der Waals surface area contributed by atoms with Crippen molar-refractivity contribution in [3.63, 3.8) is 0 Å². The van der Waals surface area contributed by atoms with E-state index in [4.69, 9.17) is 0 Å². The van der Waals surface area contributed by atoms with E-state index in [1.54, 1.807) is 12.4 Å².